The molecule has 0 N–H and O–H groups in total. The van der Waals surface area contributed by atoms with Crippen molar-refractivity contribution in [2.24, 2.45) is 0 Å². The molecule has 0 spiro atoms. The van der Waals surface area contributed by atoms with Gasteiger partial charge in [0.05, 0.1) is 0 Å². The molecule has 14 heavy (non-hydrogen) atoms. The summed E-state index contributed by atoms with van der Waals surface area (Å²) >= 11 is 5.69. The predicted octanol–water partition coefficient (Wildman–Crippen LogP) is 2.75. The third-order valence-corrected chi connectivity index (χ3v) is 2.26. The van der Waals surface area contributed by atoms with Gasteiger partial charge in [-0.2, -0.15) is 0 Å². The monoisotopic (exact) mass is 212 g/mol. The van der Waals surface area contributed by atoms with Crippen LogP contribution in [0.15, 0.2) is 30.3 Å². The predicted molar refractivity (Wildman–Crippen MR) is 56.2 cm³/mol. The van der Waals surface area contributed by atoms with E-state index in [1.807, 2.05) is 18.2 Å². The lowest BCUT2D eigenvalue weighted by atomic mass is 10.1. The topological polar surface area (TPSA) is 26.3 Å². The first-order valence-electron chi connectivity index (χ1n) is 4.60. The number of rotatable bonds is 6. The normalized spacial score (nSPS) is 12.1. The van der Waals surface area contributed by atoms with E-state index in [1.165, 1.54) is 5.56 Å². The summed E-state index contributed by atoms with van der Waals surface area (Å²) in [6.07, 6.45) is 2.58. The molecule has 1 atom stereocenters. The van der Waals surface area contributed by atoms with Crippen LogP contribution in [0, 0.1) is 0 Å². The third-order valence-electron chi connectivity index (χ3n) is 1.94. The van der Waals surface area contributed by atoms with Crippen molar-refractivity contribution in [1.82, 2.24) is 0 Å². The molecule has 0 bridgehead atoms. The number of benzene rings is 1. The van der Waals surface area contributed by atoms with Crippen LogP contribution >= 0.6 is 11.6 Å². The Hall–Kier alpha value is -1.02. The van der Waals surface area contributed by atoms with E-state index >= 15 is 0 Å². The molecule has 76 valence electrons. The van der Waals surface area contributed by atoms with Crippen LogP contribution in [0.25, 0.3) is 0 Å². The number of ether oxygens (including phenoxy) is 1. The van der Waals surface area contributed by atoms with E-state index in [-0.39, 0.29) is 0 Å². The highest BCUT2D eigenvalue weighted by atomic mass is 35.5. The molecule has 1 unspecified atom stereocenters. The molecule has 0 radical (unpaired) electrons. The zero-order valence-corrected chi connectivity index (χ0v) is 8.61. The molecule has 0 heterocycles. The summed E-state index contributed by atoms with van der Waals surface area (Å²) < 4.78 is 4.56. The van der Waals surface area contributed by atoms with E-state index in [4.69, 9.17) is 11.6 Å². The van der Waals surface area contributed by atoms with Gasteiger partial charge >= 0.3 is 0 Å². The lowest BCUT2D eigenvalue weighted by molar-refractivity contribution is -0.130. The fourth-order valence-corrected chi connectivity index (χ4v) is 1.44. The minimum absolute atomic E-state index is 0.389. The molecular weight excluding hydrogens is 200 g/mol. The Kier molecular flexibility index (Phi) is 5.08. The van der Waals surface area contributed by atoms with Gasteiger partial charge in [0, 0.05) is 0 Å². The second-order valence-electron chi connectivity index (χ2n) is 3.02. The summed E-state index contributed by atoms with van der Waals surface area (Å²) in [6.45, 7) is 0.389. The van der Waals surface area contributed by atoms with E-state index < -0.39 is 5.56 Å². The maximum atomic E-state index is 9.94. The molecule has 0 amide bonds. The van der Waals surface area contributed by atoms with Gasteiger partial charge in [0.2, 0.25) is 0 Å². The van der Waals surface area contributed by atoms with Gasteiger partial charge in [-0.3, -0.25) is 4.79 Å². The molecule has 1 aromatic rings. The summed E-state index contributed by atoms with van der Waals surface area (Å²) in [7, 11) is 0. The minimum atomic E-state index is -0.490. The quantitative estimate of drug-likeness (QED) is 0.536. The number of carbonyl (C=O) groups excluding carboxylic acids is 1. The molecule has 0 fully saturated rings. The minimum Gasteiger partial charge on any atom is -0.448 e. The Bertz CT molecular complexity index is 261. The Morgan fingerprint density at radius 2 is 2.07 bits per heavy atom. The highest BCUT2D eigenvalue weighted by molar-refractivity contribution is 6.19. The lowest BCUT2D eigenvalue weighted by Crippen LogP contribution is -2.03. The average molecular weight is 213 g/mol. The van der Waals surface area contributed by atoms with Crippen LogP contribution in [0.4, 0.5) is 0 Å². The molecule has 0 aliphatic carbocycles. The van der Waals surface area contributed by atoms with Crippen molar-refractivity contribution in [1.29, 1.82) is 0 Å². The van der Waals surface area contributed by atoms with Gasteiger partial charge in [0.25, 0.3) is 6.47 Å². The van der Waals surface area contributed by atoms with Crippen LogP contribution in [0.3, 0.4) is 0 Å². The first-order valence-corrected chi connectivity index (χ1v) is 5.03. The summed E-state index contributed by atoms with van der Waals surface area (Å²) in [5, 5.41) is 0. The highest BCUT2D eigenvalue weighted by Crippen LogP contribution is 2.10. The fraction of sp³-hybridized carbons (Fsp3) is 0.364. The van der Waals surface area contributed by atoms with Gasteiger partial charge in [0.15, 0.2) is 5.56 Å². The van der Waals surface area contributed by atoms with Crippen molar-refractivity contribution in [3.05, 3.63) is 35.9 Å². The van der Waals surface area contributed by atoms with Crippen LogP contribution in [0.1, 0.15) is 18.4 Å². The SMILES string of the molecule is O=COC(Cl)CCCc1ccccc1. The highest BCUT2D eigenvalue weighted by Gasteiger charge is 2.03. The maximum absolute atomic E-state index is 9.94. The van der Waals surface area contributed by atoms with Crippen molar-refractivity contribution >= 4 is 18.1 Å². The van der Waals surface area contributed by atoms with Crippen molar-refractivity contribution in [2.75, 3.05) is 0 Å². The van der Waals surface area contributed by atoms with Gasteiger partial charge in [-0.05, 0) is 24.8 Å². The van der Waals surface area contributed by atoms with Crippen LogP contribution < -0.4 is 0 Å². The Balaban J connectivity index is 2.18. The van der Waals surface area contributed by atoms with E-state index in [2.05, 4.69) is 16.9 Å². The average Bonchev–Trinajstić information content (AvgIpc) is 2.20. The Morgan fingerprint density at radius 1 is 1.36 bits per heavy atom. The Morgan fingerprint density at radius 3 is 2.71 bits per heavy atom. The molecule has 0 aromatic heterocycles. The summed E-state index contributed by atoms with van der Waals surface area (Å²) in [5.74, 6) is 0. The lowest BCUT2D eigenvalue weighted by Gasteiger charge is -2.06. The standard InChI is InChI=1S/C11H13ClO2/c12-11(14-9-13)8-4-7-10-5-2-1-3-6-10/h1-3,5-6,9,11H,4,7-8H2. The van der Waals surface area contributed by atoms with E-state index in [0.717, 1.165) is 12.8 Å². The zero-order chi connectivity index (χ0) is 10.2. The molecule has 2 nitrogen and oxygen atoms in total. The molecule has 0 saturated carbocycles. The summed E-state index contributed by atoms with van der Waals surface area (Å²) in [4.78, 5) is 9.94. The zero-order valence-electron chi connectivity index (χ0n) is 7.86. The summed E-state index contributed by atoms with van der Waals surface area (Å²) in [6, 6.07) is 10.2. The largest absolute Gasteiger partial charge is 0.448 e. The molecular formula is C11H13ClO2. The van der Waals surface area contributed by atoms with E-state index in [1.54, 1.807) is 0 Å². The van der Waals surface area contributed by atoms with Gasteiger partial charge in [-0.1, -0.05) is 41.9 Å². The van der Waals surface area contributed by atoms with Gasteiger partial charge in [-0.25, -0.2) is 0 Å². The van der Waals surface area contributed by atoms with Crippen LogP contribution in [-0.4, -0.2) is 12.0 Å². The first kappa shape index (κ1) is 11.1. The van der Waals surface area contributed by atoms with Gasteiger partial charge in [-0.15, -0.1) is 0 Å². The van der Waals surface area contributed by atoms with Crippen molar-refractivity contribution < 1.29 is 9.53 Å². The Labute approximate surface area is 88.8 Å². The number of aryl methyl sites for hydroxylation is 1. The number of hydrogen-bond donors (Lipinski definition) is 0. The maximum Gasteiger partial charge on any atom is 0.294 e. The van der Waals surface area contributed by atoms with Crippen LogP contribution in [-0.2, 0) is 16.0 Å². The van der Waals surface area contributed by atoms with E-state index in [0.29, 0.717) is 12.9 Å². The van der Waals surface area contributed by atoms with Gasteiger partial charge < -0.3 is 4.74 Å². The molecule has 0 aliphatic rings. The summed E-state index contributed by atoms with van der Waals surface area (Å²) in [5.41, 5.74) is 0.790. The smallest absolute Gasteiger partial charge is 0.294 e. The molecule has 0 saturated heterocycles. The van der Waals surface area contributed by atoms with Gasteiger partial charge in [0.1, 0.15) is 0 Å². The van der Waals surface area contributed by atoms with Crippen LogP contribution in [0.5, 0.6) is 0 Å². The van der Waals surface area contributed by atoms with Crippen molar-refractivity contribution in [3.8, 4) is 0 Å². The molecule has 0 aliphatic heterocycles. The third kappa shape index (κ3) is 4.28. The fourth-order valence-electron chi connectivity index (χ4n) is 1.24. The molecule has 1 aromatic carbocycles. The van der Waals surface area contributed by atoms with Crippen molar-refractivity contribution in [2.45, 2.75) is 24.8 Å². The second-order valence-corrected chi connectivity index (χ2v) is 3.51. The number of halogens is 1. The number of alkyl halides is 1. The number of hydrogen-bond acceptors (Lipinski definition) is 2. The molecule has 3 heteroatoms. The number of carbonyl (C=O) groups is 1. The first-order chi connectivity index (χ1) is 6.83. The van der Waals surface area contributed by atoms with Crippen LogP contribution in [0.2, 0.25) is 0 Å². The van der Waals surface area contributed by atoms with Crippen molar-refractivity contribution in [3.63, 3.8) is 0 Å². The van der Waals surface area contributed by atoms with E-state index in [9.17, 15) is 4.79 Å². The second kappa shape index (κ2) is 6.44. The molecule has 1 rings (SSSR count).